The molecule has 3 rings (SSSR count). The lowest BCUT2D eigenvalue weighted by molar-refractivity contribution is 0.0698. The number of aryl methyl sites for hydroxylation is 1. The number of ether oxygens (including phenoxy) is 1. The number of carbonyl (C=O) groups is 1. The van der Waals surface area contributed by atoms with E-state index in [1.807, 2.05) is 6.92 Å². The Labute approximate surface area is 150 Å². The molecule has 0 aliphatic carbocycles. The Kier molecular flexibility index (Phi) is 4.56. The fourth-order valence-electron chi connectivity index (χ4n) is 2.61. The van der Waals surface area contributed by atoms with Gasteiger partial charge in [0.25, 0.3) is 10.0 Å². The van der Waals surface area contributed by atoms with Gasteiger partial charge in [0.2, 0.25) is 0 Å². The molecule has 2 aromatic carbocycles. The third-order valence-electron chi connectivity index (χ3n) is 3.74. The lowest BCUT2D eigenvalue weighted by atomic mass is 10.1. The molecule has 1 aromatic heterocycles. The first kappa shape index (κ1) is 17.7. The van der Waals surface area contributed by atoms with Crippen LogP contribution in [0.4, 0.5) is 5.69 Å². The topological polar surface area (TPSA) is 111 Å². The third-order valence-corrected chi connectivity index (χ3v) is 5.14. The van der Waals surface area contributed by atoms with Gasteiger partial charge in [0.05, 0.1) is 40.1 Å². The monoisotopic (exact) mass is 375 g/mol. The van der Waals surface area contributed by atoms with Gasteiger partial charge in [-0.25, -0.2) is 18.2 Å². The number of aromatic carboxylic acids is 1. The summed E-state index contributed by atoms with van der Waals surface area (Å²) in [6.07, 6.45) is 1.47. The van der Waals surface area contributed by atoms with Crippen molar-refractivity contribution in [2.75, 3.05) is 11.3 Å². The zero-order chi connectivity index (χ0) is 18.9. The molecule has 3 aromatic rings. The number of nitrogens with one attached hydrogen (secondary N) is 1. The molecule has 8 nitrogen and oxygen atoms in total. The molecule has 0 saturated heterocycles. The van der Waals surface area contributed by atoms with Crippen LogP contribution in [0.2, 0.25) is 0 Å². The van der Waals surface area contributed by atoms with Crippen molar-refractivity contribution < 1.29 is 23.1 Å². The van der Waals surface area contributed by atoms with Gasteiger partial charge in [-0.1, -0.05) is 0 Å². The van der Waals surface area contributed by atoms with E-state index in [9.17, 15) is 18.3 Å². The fourth-order valence-corrected chi connectivity index (χ4v) is 3.65. The van der Waals surface area contributed by atoms with E-state index < -0.39 is 16.0 Å². The highest BCUT2D eigenvalue weighted by Crippen LogP contribution is 2.25. The number of aromatic nitrogens is 2. The number of anilines is 1. The van der Waals surface area contributed by atoms with Crippen molar-refractivity contribution in [1.82, 2.24) is 9.55 Å². The number of benzene rings is 2. The number of imidazole rings is 1. The van der Waals surface area contributed by atoms with Gasteiger partial charge in [-0.3, -0.25) is 4.72 Å². The quantitative estimate of drug-likeness (QED) is 0.685. The highest BCUT2D eigenvalue weighted by Gasteiger charge is 2.19. The Bertz CT molecular complexity index is 1070. The van der Waals surface area contributed by atoms with Crippen molar-refractivity contribution >= 4 is 32.7 Å². The smallest absolute Gasteiger partial charge is 0.337 e. The summed E-state index contributed by atoms with van der Waals surface area (Å²) >= 11 is 0. The second-order valence-electron chi connectivity index (χ2n) is 5.56. The first-order valence-corrected chi connectivity index (χ1v) is 9.24. The average molecular weight is 375 g/mol. The Morgan fingerprint density at radius 1 is 1.27 bits per heavy atom. The largest absolute Gasteiger partial charge is 0.494 e. The van der Waals surface area contributed by atoms with Crippen LogP contribution < -0.4 is 9.46 Å². The van der Waals surface area contributed by atoms with Gasteiger partial charge in [0.15, 0.2) is 0 Å². The number of rotatable bonds is 6. The van der Waals surface area contributed by atoms with Crippen LogP contribution in [-0.4, -0.2) is 35.7 Å². The zero-order valence-corrected chi connectivity index (χ0v) is 14.9. The van der Waals surface area contributed by atoms with E-state index in [-0.39, 0.29) is 16.1 Å². The Morgan fingerprint density at radius 2 is 1.96 bits per heavy atom. The molecule has 0 bridgehead atoms. The summed E-state index contributed by atoms with van der Waals surface area (Å²) in [5.41, 5.74) is 0.896. The summed E-state index contributed by atoms with van der Waals surface area (Å²) in [6, 6.07) is 8.73. The molecule has 2 N–H and O–H groups in total. The van der Waals surface area contributed by atoms with Gasteiger partial charge in [-0.05, 0) is 43.3 Å². The molecular weight excluding hydrogens is 358 g/mol. The molecule has 9 heteroatoms. The van der Waals surface area contributed by atoms with Gasteiger partial charge in [0, 0.05) is 7.05 Å². The van der Waals surface area contributed by atoms with Crippen LogP contribution >= 0.6 is 0 Å². The second-order valence-corrected chi connectivity index (χ2v) is 7.24. The zero-order valence-electron chi connectivity index (χ0n) is 14.1. The second kappa shape index (κ2) is 6.68. The highest BCUT2D eigenvalue weighted by molar-refractivity contribution is 7.92. The van der Waals surface area contributed by atoms with Crippen LogP contribution in [0.5, 0.6) is 5.75 Å². The first-order valence-electron chi connectivity index (χ1n) is 7.76. The van der Waals surface area contributed by atoms with Gasteiger partial charge in [-0.2, -0.15) is 0 Å². The van der Waals surface area contributed by atoms with E-state index in [1.165, 1.54) is 30.6 Å². The van der Waals surface area contributed by atoms with Crippen molar-refractivity contribution in [1.29, 1.82) is 0 Å². The SMILES string of the molecule is CCOc1ccc(S(=O)(=O)Nc2cc(C(=O)O)c3c(c2)ncn3C)cc1. The Morgan fingerprint density at radius 3 is 2.58 bits per heavy atom. The molecule has 26 heavy (non-hydrogen) atoms. The number of carboxylic acids is 1. The molecule has 1 heterocycles. The molecule has 0 spiro atoms. The lowest BCUT2D eigenvalue weighted by Crippen LogP contribution is -2.13. The molecule has 136 valence electrons. The number of hydrogen-bond donors (Lipinski definition) is 2. The van der Waals surface area contributed by atoms with E-state index >= 15 is 0 Å². The predicted molar refractivity (Wildman–Crippen MR) is 96.1 cm³/mol. The predicted octanol–water partition coefficient (Wildman–Crippen LogP) is 2.47. The number of hydrogen-bond acceptors (Lipinski definition) is 5. The molecule has 0 saturated carbocycles. The minimum Gasteiger partial charge on any atom is -0.494 e. The van der Waals surface area contributed by atoms with Crippen molar-refractivity contribution in [2.45, 2.75) is 11.8 Å². The fraction of sp³-hybridized carbons (Fsp3) is 0.176. The first-order chi connectivity index (χ1) is 12.3. The van der Waals surface area contributed by atoms with Crippen LogP contribution in [-0.2, 0) is 17.1 Å². The van der Waals surface area contributed by atoms with Gasteiger partial charge >= 0.3 is 5.97 Å². The molecule has 0 amide bonds. The van der Waals surface area contributed by atoms with Crippen molar-refractivity contribution in [3.05, 3.63) is 48.3 Å². The number of sulfonamides is 1. The average Bonchev–Trinajstić information content (AvgIpc) is 2.95. The Hall–Kier alpha value is -3.07. The maximum absolute atomic E-state index is 12.6. The molecule has 0 atom stereocenters. The molecule has 0 radical (unpaired) electrons. The van der Waals surface area contributed by atoms with E-state index in [0.29, 0.717) is 23.4 Å². The van der Waals surface area contributed by atoms with Crippen molar-refractivity contribution in [3.63, 3.8) is 0 Å². The van der Waals surface area contributed by atoms with Gasteiger partial charge in [0.1, 0.15) is 5.75 Å². The highest BCUT2D eigenvalue weighted by atomic mass is 32.2. The molecule has 0 fully saturated rings. The van der Waals surface area contributed by atoms with Crippen molar-refractivity contribution in [3.8, 4) is 5.75 Å². The van der Waals surface area contributed by atoms with Crippen LogP contribution in [0.3, 0.4) is 0 Å². The summed E-state index contributed by atoms with van der Waals surface area (Å²) in [5.74, 6) is -0.602. The third kappa shape index (κ3) is 3.33. The molecule has 0 unspecified atom stereocenters. The maximum atomic E-state index is 12.6. The van der Waals surface area contributed by atoms with E-state index in [1.54, 1.807) is 23.7 Å². The molecular formula is C17H17N3O5S. The maximum Gasteiger partial charge on any atom is 0.337 e. The van der Waals surface area contributed by atoms with E-state index in [4.69, 9.17) is 4.74 Å². The minimum atomic E-state index is -3.88. The van der Waals surface area contributed by atoms with Crippen LogP contribution in [0.25, 0.3) is 11.0 Å². The van der Waals surface area contributed by atoms with E-state index in [2.05, 4.69) is 9.71 Å². The normalized spacial score (nSPS) is 11.5. The number of fused-ring (bicyclic) bond motifs is 1. The van der Waals surface area contributed by atoms with Crippen molar-refractivity contribution in [2.24, 2.45) is 7.05 Å². The van der Waals surface area contributed by atoms with Gasteiger partial charge < -0.3 is 14.4 Å². The number of carboxylic acid groups (broad SMARTS) is 1. The van der Waals surface area contributed by atoms with Crippen LogP contribution in [0, 0.1) is 0 Å². The summed E-state index contributed by atoms with van der Waals surface area (Å²) in [6.45, 7) is 2.31. The number of nitrogens with zero attached hydrogens (tertiary/aromatic N) is 2. The standard InChI is InChI=1S/C17H17N3O5S/c1-3-25-12-4-6-13(7-5-12)26(23,24)19-11-8-14(17(21)22)16-15(9-11)18-10-20(16)2/h4-10,19H,3H2,1-2H3,(H,21,22). The summed E-state index contributed by atoms with van der Waals surface area (Å²) < 4.78 is 34.4. The molecule has 0 aliphatic heterocycles. The Balaban J connectivity index is 1.98. The van der Waals surface area contributed by atoms with Crippen LogP contribution in [0.1, 0.15) is 17.3 Å². The van der Waals surface area contributed by atoms with Gasteiger partial charge in [-0.15, -0.1) is 0 Å². The molecule has 0 aliphatic rings. The van der Waals surface area contributed by atoms with Crippen LogP contribution in [0.15, 0.2) is 47.6 Å². The summed E-state index contributed by atoms with van der Waals surface area (Å²) in [4.78, 5) is 15.7. The summed E-state index contributed by atoms with van der Waals surface area (Å²) in [7, 11) is -2.21. The minimum absolute atomic E-state index is 0.0353. The lowest BCUT2D eigenvalue weighted by Gasteiger charge is -2.10. The van der Waals surface area contributed by atoms with E-state index in [0.717, 1.165) is 0 Å². The summed E-state index contributed by atoms with van der Waals surface area (Å²) in [5, 5.41) is 9.41.